The van der Waals surface area contributed by atoms with Gasteiger partial charge in [0.15, 0.2) is 0 Å². The summed E-state index contributed by atoms with van der Waals surface area (Å²) in [6, 6.07) is 5.90. The molecule has 1 fully saturated rings. The second kappa shape index (κ2) is 7.30. The summed E-state index contributed by atoms with van der Waals surface area (Å²) in [5.74, 6) is -2.62. The number of rotatable bonds is 5. The fourth-order valence-electron chi connectivity index (χ4n) is 2.59. The highest BCUT2D eigenvalue weighted by atomic mass is 32.2. The highest BCUT2D eigenvalue weighted by Crippen LogP contribution is 2.35. The van der Waals surface area contributed by atoms with Crippen molar-refractivity contribution in [3.8, 4) is 5.75 Å². The molecule has 0 spiro atoms. The standard InChI is InChI=1S/C17H13NO6S2/c19-14(20)7-11(16(22)23)18-15(21)13(26-17(18)25)6-9-5-10-3-1-2-4-12(10)24-8-9/h1-6,11H,7-8H2,(H,19,20)(H,22,23)/b13-6-. The summed E-state index contributed by atoms with van der Waals surface area (Å²) in [5.41, 5.74) is 1.60. The Morgan fingerprint density at radius 1 is 1.35 bits per heavy atom. The number of hydrogen-bond donors (Lipinski definition) is 2. The van der Waals surface area contributed by atoms with Gasteiger partial charge in [0, 0.05) is 5.56 Å². The number of hydrogen-bond acceptors (Lipinski definition) is 6. The van der Waals surface area contributed by atoms with Crippen LogP contribution >= 0.6 is 24.0 Å². The normalized spacial score (nSPS) is 19.0. The number of thioether (sulfide) groups is 1. The third-order valence-corrected chi connectivity index (χ3v) is 5.09. The molecule has 7 nitrogen and oxygen atoms in total. The maximum absolute atomic E-state index is 12.6. The van der Waals surface area contributed by atoms with E-state index in [1.165, 1.54) is 0 Å². The highest BCUT2D eigenvalue weighted by molar-refractivity contribution is 8.26. The van der Waals surface area contributed by atoms with Crippen molar-refractivity contribution in [3.63, 3.8) is 0 Å². The number of benzene rings is 1. The minimum Gasteiger partial charge on any atom is -0.488 e. The van der Waals surface area contributed by atoms with Crippen molar-refractivity contribution in [2.75, 3.05) is 6.61 Å². The lowest BCUT2D eigenvalue weighted by molar-refractivity contribution is -0.150. The summed E-state index contributed by atoms with van der Waals surface area (Å²) in [7, 11) is 0. The average Bonchev–Trinajstić information content (AvgIpc) is 2.86. The van der Waals surface area contributed by atoms with E-state index >= 15 is 0 Å². The van der Waals surface area contributed by atoms with Crippen LogP contribution in [0.15, 0.2) is 40.8 Å². The van der Waals surface area contributed by atoms with Crippen molar-refractivity contribution in [2.24, 2.45) is 0 Å². The topological polar surface area (TPSA) is 104 Å². The van der Waals surface area contributed by atoms with E-state index in [4.69, 9.17) is 22.1 Å². The van der Waals surface area contributed by atoms with Gasteiger partial charge in [0.05, 0.1) is 11.3 Å². The van der Waals surface area contributed by atoms with Gasteiger partial charge in [-0.2, -0.15) is 0 Å². The molecule has 0 aromatic heterocycles. The lowest BCUT2D eigenvalue weighted by Gasteiger charge is -2.21. The molecule has 1 unspecified atom stereocenters. The maximum atomic E-state index is 12.6. The highest BCUT2D eigenvalue weighted by Gasteiger charge is 2.41. The first-order valence-corrected chi connectivity index (χ1v) is 8.73. The number of nitrogens with zero attached hydrogens (tertiary/aromatic N) is 1. The van der Waals surface area contributed by atoms with E-state index in [-0.39, 0.29) is 15.8 Å². The zero-order valence-electron chi connectivity index (χ0n) is 13.2. The summed E-state index contributed by atoms with van der Waals surface area (Å²) >= 11 is 6.04. The van der Waals surface area contributed by atoms with E-state index in [9.17, 15) is 19.5 Å². The summed E-state index contributed by atoms with van der Waals surface area (Å²) in [6.45, 7) is 0.263. The summed E-state index contributed by atoms with van der Waals surface area (Å²) in [5, 5.41) is 18.2. The third-order valence-electron chi connectivity index (χ3n) is 3.76. The van der Waals surface area contributed by atoms with Crippen LogP contribution in [0.2, 0.25) is 0 Å². The van der Waals surface area contributed by atoms with Crippen molar-refractivity contribution >= 4 is 52.2 Å². The van der Waals surface area contributed by atoms with Crippen LogP contribution in [0, 0.1) is 0 Å². The Hall–Kier alpha value is -2.65. The third kappa shape index (κ3) is 3.63. The molecule has 1 aromatic carbocycles. The lowest BCUT2D eigenvalue weighted by atomic mass is 10.1. The summed E-state index contributed by atoms with van der Waals surface area (Å²) in [6.07, 6.45) is 2.74. The largest absolute Gasteiger partial charge is 0.488 e. The van der Waals surface area contributed by atoms with Gasteiger partial charge in [0.2, 0.25) is 0 Å². The number of carbonyl (C=O) groups is 3. The van der Waals surface area contributed by atoms with E-state index in [1.807, 2.05) is 30.3 Å². The van der Waals surface area contributed by atoms with Crippen molar-refractivity contribution in [2.45, 2.75) is 12.5 Å². The van der Waals surface area contributed by atoms with Gasteiger partial charge in [-0.15, -0.1) is 0 Å². The molecule has 3 rings (SSSR count). The Balaban J connectivity index is 1.87. The minimum absolute atomic E-state index is 0.0210. The van der Waals surface area contributed by atoms with Crippen LogP contribution in [0.3, 0.4) is 0 Å². The Kier molecular flexibility index (Phi) is 5.10. The molecule has 0 saturated carbocycles. The molecule has 1 saturated heterocycles. The maximum Gasteiger partial charge on any atom is 0.327 e. The Labute approximate surface area is 157 Å². The van der Waals surface area contributed by atoms with Crippen molar-refractivity contribution in [1.29, 1.82) is 0 Å². The van der Waals surface area contributed by atoms with Gasteiger partial charge in [-0.25, -0.2) is 4.79 Å². The Morgan fingerprint density at radius 3 is 2.77 bits per heavy atom. The molecule has 2 N–H and O–H groups in total. The van der Waals surface area contributed by atoms with Crippen molar-refractivity contribution in [3.05, 3.63) is 46.4 Å². The predicted octanol–water partition coefficient (Wildman–Crippen LogP) is 2.13. The molecule has 0 radical (unpaired) electrons. The van der Waals surface area contributed by atoms with Crippen LogP contribution in [0.1, 0.15) is 12.0 Å². The quantitative estimate of drug-likeness (QED) is 0.581. The molecule has 1 aromatic rings. The molecule has 9 heteroatoms. The van der Waals surface area contributed by atoms with Gasteiger partial charge in [0.25, 0.3) is 5.91 Å². The molecule has 0 bridgehead atoms. The van der Waals surface area contributed by atoms with E-state index in [1.54, 1.807) is 6.08 Å². The first kappa shape index (κ1) is 18.2. The smallest absolute Gasteiger partial charge is 0.327 e. The molecule has 1 amide bonds. The second-order valence-corrected chi connectivity index (χ2v) is 7.23. The summed E-state index contributed by atoms with van der Waals surface area (Å²) in [4.78, 5) is 36.0. The Morgan fingerprint density at radius 2 is 2.08 bits per heavy atom. The SMILES string of the molecule is O=C(O)CC(C(=O)O)N1C(=O)/C(=C/C2=Cc3ccccc3OC2)SC1=S. The van der Waals surface area contributed by atoms with Gasteiger partial charge in [-0.1, -0.05) is 42.2 Å². The van der Waals surface area contributed by atoms with Crippen LogP contribution in [0.5, 0.6) is 5.75 Å². The predicted molar refractivity (Wildman–Crippen MR) is 98.7 cm³/mol. The zero-order valence-corrected chi connectivity index (χ0v) is 14.9. The number of carbonyl (C=O) groups excluding carboxylic acids is 1. The Bertz CT molecular complexity index is 876. The number of thiocarbonyl (C=S) groups is 1. The van der Waals surface area contributed by atoms with Gasteiger partial charge in [-0.3, -0.25) is 14.5 Å². The van der Waals surface area contributed by atoms with Gasteiger partial charge in [0.1, 0.15) is 22.7 Å². The monoisotopic (exact) mass is 391 g/mol. The lowest BCUT2D eigenvalue weighted by Crippen LogP contribution is -2.45. The van der Waals surface area contributed by atoms with Crippen LogP contribution in [-0.2, 0) is 14.4 Å². The van der Waals surface area contributed by atoms with Crippen LogP contribution in [0.25, 0.3) is 6.08 Å². The molecule has 134 valence electrons. The van der Waals surface area contributed by atoms with Crippen molar-refractivity contribution < 1.29 is 29.3 Å². The van der Waals surface area contributed by atoms with E-state index in [0.717, 1.165) is 33.5 Å². The van der Waals surface area contributed by atoms with E-state index in [2.05, 4.69) is 0 Å². The first-order chi connectivity index (χ1) is 12.4. The fourth-order valence-corrected chi connectivity index (χ4v) is 3.96. The molecule has 0 aliphatic carbocycles. The number of para-hydroxylation sites is 1. The molecular formula is C17H13NO6S2. The van der Waals surface area contributed by atoms with E-state index < -0.39 is 30.3 Å². The number of carboxylic acids is 2. The molecular weight excluding hydrogens is 378 g/mol. The van der Waals surface area contributed by atoms with E-state index in [0.29, 0.717) is 0 Å². The van der Waals surface area contributed by atoms with Gasteiger partial charge in [-0.05, 0) is 23.8 Å². The molecule has 2 aliphatic heterocycles. The van der Waals surface area contributed by atoms with Crippen LogP contribution in [-0.4, -0.2) is 49.9 Å². The van der Waals surface area contributed by atoms with Crippen molar-refractivity contribution in [1.82, 2.24) is 4.90 Å². The molecule has 2 heterocycles. The zero-order chi connectivity index (χ0) is 18.8. The first-order valence-electron chi connectivity index (χ1n) is 7.51. The number of aliphatic carboxylic acids is 2. The molecule has 26 heavy (non-hydrogen) atoms. The number of carboxylic acid groups (broad SMARTS) is 2. The van der Waals surface area contributed by atoms with Gasteiger partial charge >= 0.3 is 11.9 Å². The second-order valence-electron chi connectivity index (χ2n) is 5.55. The molecule has 2 aliphatic rings. The van der Waals surface area contributed by atoms with Crippen LogP contribution in [0.4, 0.5) is 0 Å². The number of fused-ring (bicyclic) bond motifs is 1. The van der Waals surface area contributed by atoms with Crippen LogP contribution < -0.4 is 4.74 Å². The number of ether oxygens (including phenoxy) is 1. The fraction of sp³-hybridized carbons (Fsp3) is 0.176. The average molecular weight is 391 g/mol. The summed E-state index contributed by atoms with van der Waals surface area (Å²) < 4.78 is 5.64. The molecule has 1 atom stereocenters. The van der Waals surface area contributed by atoms with Gasteiger partial charge < -0.3 is 14.9 Å². The number of amides is 1. The minimum atomic E-state index is -1.54.